The van der Waals surface area contributed by atoms with Crippen molar-refractivity contribution in [1.29, 1.82) is 0 Å². The Morgan fingerprint density at radius 1 is 0.511 bits per heavy atom. The van der Waals surface area contributed by atoms with Crippen molar-refractivity contribution in [3.63, 3.8) is 0 Å². The second-order valence-corrected chi connectivity index (χ2v) is 13.1. The number of unbranched alkanes of at least 4 members (excludes halogenated alkanes) is 22. The minimum atomic E-state index is -1.98. The van der Waals surface area contributed by atoms with Crippen LogP contribution in [0.15, 0.2) is 24.3 Å². The number of hydrogen-bond acceptors (Lipinski definition) is 7. The van der Waals surface area contributed by atoms with E-state index in [1.54, 1.807) is 0 Å². The van der Waals surface area contributed by atoms with E-state index in [0.29, 0.717) is 6.42 Å². The summed E-state index contributed by atoms with van der Waals surface area (Å²) in [6, 6.07) is 0. The van der Waals surface area contributed by atoms with Crippen LogP contribution in [0, 0.1) is 0 Å². The second-order valence-electron chi connectivity index (χ2n) is 13.1. The van der Waals surface area contributed by atoms with Crippen LogP contribution in [-0.4, -0.2) is 48.6 Å². The van der Waals surface area contributed by atoms with Gasteiger partial charge in [-0.2, -0.15) is 0 Å². The molecular weight excluding hydrogens is 591 g/mol. The Morgan fingerprint density at radius 2 is 0.872 bits per heavy atom. The predicted octanol–water partition coefficient (Wildman–Crippen LogP) is 10.5. The third kappa shape index (κ3) is 37.0. The quantitative estimate of drug-likeness (QED) is 0.0297. The fraction of sp³-hybridized carbons (Fsp3) is 0.846. The van der Waals surface area contributed by atoms with Gasteiger partial charge in [-0.05, 0) is 64.2 Å². The Labute approximate surface area is 289 Å². The minimum absolute atomic E-state index is 0.158. The average molecular weight is 665 g/mol. The number of carbonyl (C=O) groups excluding carboxylic acids is 2. The van der Waals surface area contributed by atoms with Crippen molar-refractivity contribution in [3.05, 3.63) is 24.3 Å². The predicted molar refractivity (Wildman–Crippen MR) is 196 cm³/mol. The summed E-state index contributed by atoms with van der Waals surface area (Å²) < 4.78 is 15.5. The first kappa shape index (κ1) is 45.4. The molecular formula is C39H73BO7. The molecule has 1 unspecified atom stereocenters. The van der Waals surface area contributed by atoms with Gasteiger partial charge in [0.1, 0.15) is 6.61 Å². The number of hydrogen-bond donors (Lipinski definition) is 2. The Balaban J connectivity index is 3.86. The van der Waals surface area contributed by atoms with Gasteiger partial charge in [0.05, 0.1) is 6.61 Å². The fourth-order valence-electron chi connectivity index (χ4n) is 5.49. The molecule has 0 saturated heterocycles. The molecule has 47 heavy (non-hydrogen) atoms. The number of carbonyl (C=O) groups is 2. The first-order chi connectivity index (χ1) is 23.0. The molecule has 0 rings (SSSR count). The van der Waals surface area contributed by atoms with Crippen LogP contribution in [0.25, 0.3) is 0 Å². The van der Waals surface area contributed by atoms with Crippen LogP contribution in [-0.2, 0) is 23.7 Å². The Morgan fingerprint density at radius 3 is 1.28 bits per heavy atom. The summed E-state index contributed by atoms with van der Waals surface area (Å²) in [5.41, 5.74) is 0. The lowest BCUT2D eigenvalue weighted by Crippen LogP contribution is -2.33. The monoisotopic (exact) mass is 665 g/mol. The lowest BCUT2D eigenvalue weighted by Gasteiger charge is -2.18. The fourth-order valence-corrected chi connectivity index (χ4v) is 5.49. The van der Waals surface area contributed by atoms with Crippen molar-refractivity contribution in [3.8, 4) is 0 Å². The SMILES string of the molecule is CCCCCCCCC=CCCCCCCCC(=O)OCC(COB(O)O)OC(=O)CCCCCCCC=CCCCCCCCC. The summed E-state index contributed by atoms with van der Waals surface area (Å²) in [6.07, 6.45) is 39.9. The first-order valence-corrected chi connectivity index (χ1v) is 19.6. The van der Waals surface area contributed by atoms with Crippen LogP contribution in [0.1, 0.15) is 194 Å². The Kier molecular flexibility index (Phi) is 35.9. The van der Waals surface area contributed by atoms with Gasteiger partial charge in [-0.25, -0.2) is 0 Å². The summed E-state index contributed by atoms with van der Waals surface area (Å²) in [5.74, 6) is -0.734. The second kappa shape index (κ2) is 37.2. The van der Waals surface area contributed by atoms with Gasteiger partial charge in [-0.1, -0.05) is 141 Å². The summed E-state index contributed by atoms with van der Waals surface area (Å²) in [6.45, 7) is 4.09. The molecule has 7 nitrogen and oxygen atoms in total. The molecule has 8 heteroatoms. The molecule has 0 amide bonds. The van der Waals surface area contributed by atoms with E-state index >= 15 is 0 Å². The van der Waals surface area contributed by atoms with E-state index in [-0.39, 0.29) is 25.6 Å². The average Bonchev–Trinajstić information content (AvgIpc) is 3.05. The van der Waals surface area contributed by atoms with E-state index in [4.69, 9.17) is 24.2 Å². The van der Waals surface area contributed by atoms with Gasteiger partial charge in [0, 0.05) is 12.8 Å². The van der Waals surface area contributed by atoms with E-state index in [2.05, 4.69) is 38.2 Å². The van der Waals surface area contributed by atoms with Gasteiger partial charge in [0.15, 0.2) is 6.10 Å². The Bertz CT molecular complexity index is 741. The zero-order valence-corrected chi connectivity index (χ0v) is 30.6. The van der Waals surface area contributed by atoms with Gasteiger partial charge >= 0.3 is 19.3 Å². The van der Waals surface area contributed by atoms with Crippen molar-refractivity contribution in [2.45, 2.75) is 200 Å². The molecule has 0 saturated carbocycles. The molecule has 0 bridgehead atoms. The molecule has 0 aliphatic rings. The summed E-state index contributed by atoms with van der Waals surface area (Å²) in [7, 11) is -1.98. The number of esters is 2. The number of ether oxygens (including phenoxy) is 2. The molecule has 1 atom stereocenters. The van der Waals surface area contributed by atoms with Crippen molar-refractivity contribution in [2.75, 3.05) is 13.2 Å². The summed E-state index contributed by atoms with van der Waals surface area (Å²) in [5, 5.41) is 18.1. The highest BCUT2D eigenvalue weighted by Gasteiger charge is 2.20. The lowest BCUT2D eigenvalue weighted by molar-refractivity contribution is -0.161. The largest absolute Gasteiger partial charge is 0.634 e. The molecule has 0 aromatic rings. The molecule has 0 radical (unpaired) electrons. The smallest absolute Gasteiger partial charge is 0.462 e. The highest BCUT2D eigenvalue weighted by atomic mass is 16.6. The minimum Gasteiger partial charge on any atom is -0.462 e. The normalized spacial score (nSPS) is 12.3. The maximum Gasteiger partial charge on any atom is 0.634 e. The van der Waals surface area contributed by atoms with Crippen molar-refractivity contribution in [2.24, 2.45) is 0 Å². The highest BCUT2D eigenvalue weighted by Crippen LogP contribution is 2.13. The molecule has 2 N–H and O–H groups in total. The van der Waals surface area contributed by atoms with E-state index in [0.717, 1.165) is 64.2 Å². The molecule has 0 heterocycles. The van der Waals surface area contributed by atoms with Gasteiger partial charge in [0.2, 0.25) is 0 Å². The molecule has 0 aromatic heterocycles. The summed E-state index contributed by atoms with van der Waals surface area (Å²) in [4.78, 5) is 24.6. The first-order valence-electron chi connectivity index (χ1n) is 19.6. The van der Waals surface area contributed by atoms with Crippen molar-refractivity contribution < 1.29 is 33.8 Å². The number of rotatable bonds is 36. The van der Waals surface area contributed by atoms with Crippen molar-refractivity contribution >= 4 is 19.3 Å². The Hall–Kier alpha value is -1.64. The van der Waals surface area contributed by atoms with Crippen LogP contribution < -0.4 is 0 Å². The molecule has 0 aliphatic carbocycles. The van der Waals surface area contributed by atoms with Crippen molar-refractivity contribution in [1.82, 2.24) is 0 Å². The van der Waals surface area contributed by atoms with E-state index in [9.17, 15) is 9.59 Å². The third-order valence-corrected chi connectivity index (χ3v) is 8.44. The van der Waals surface area contributed by atoms with Crippen LogP contribution >= 0.6 is 0 Å². The molecule has 0 aromatic carbocycles. The third-order valence-electron chi connectivity index (χ3n) is 8.44. The summed E-state index contributed by atoms with van der Waals surface area (Å²) >= 11 is 0. The molecule has 274 valence electrons. The molecule has 0 aliphatic heterocycles. The van der Waals surface area contributed by atoms with E-state index < -0.39 is 19.4 Å². The lowest BCUT2D eigenvalue weighted by atomic mass is 10.1. The van der Waals surface area contributed by atoms with E-state index in [1.807, 2.05) is 0 Å². The number of allylic oxidation sites excluding steroid dienone is 4. The maximum atomic E-state index is 12.3. The van der Waals surface area contributed by atoms with Gasteiger partial charge in [-0.15, -0.1) is 0 Å². The molecule has 0 spiro atoms. The van der Waals surface area contributed by atoms with Crippen LogP contribution in [0.3, 0.4) is 0 Å². The highest BCUT2D eigenvalue weighted by molar-refractivity contribution is 6.32. The zero-order valence-electron chi connectivity index (χ0n) is 30.6. The van der Waals surface area contributed by atoms with Gasteiger partial charge in [-0.3, -0.25) is 9.59 Å². The zero-order chi connectivity index (χ0) is 34.5. The van der Waals surface area contributed by atoms with Crippen LogP contribution in [0.2, 0.25) is 0 Å². The molecule has 0 fully saturated rings. The van der Waals surface area contributed by atoms with Gasteiger partial charge < -0.3 is 24.2 Å². The van der Waals surface area contributed by atoms with Crippen LogP contribution in [0.5, 0.6) is 0 Å². The van der Waals surface area contributed by atoms with E-state index in [1.165, 1.54) is 103 Å². The van der Waals surface area contributed by atoms with Crippen LogP contribution in [0.4, 0.5) is 0 Å². The maximum absolute atomic E-state index is 12.3. The topological polar surface area (TPSA) is 102 Å². The standard InChI is InChI=1S/C39H73BO7/c1-3-5-7-9-11-13-15-17-19-21-23-25-27-29-31-33-38(41)45-35-37(36-46-40(43)44)47-39(42)34-32-30-28-26-24-22-20-18-16-14-12-10-8-6-4-2/h17-20,37,43-44H,3-16,21-36H2,1-2H3. The van der Waals surface area contributed by atoms with Gasteiger partial charge in [0.25, 0.3) is 0 Å².